The second-order valence-electron chi connectivity index (χ2n) is 6.95. The van der Waals surface area contributed by atoms with E-state index >= 15 is 0 Å². The third-order valence-corrected chi connectivity index (χ3v) is 6.62. The molecule has 26 heavy (non-hydrogen) atoms. The summed E-state index contributed by atoms with van der Waals surface area (Å²) < 4.78 is 28.4. The Morgan fingerprint density at radius 1 is 1.31 bits per heavy atom. The van der Waals surface area contributed by atoms with Gasteiger partial charge in [0.1, 0.15) is 5.54 Å². The molecule has 1 amide bonds. The summed E-state index contributed by atoms with van der Waals surface area (Å²) in [4.78, 5) is 12.8. The van der Waals surface area contributed by atoms with Crippen LogP contribution in [0.15, 0.2) is 18.5 Å². The van der Waals surface area contributed by atoms with Crippen LogP contribution in [0.3, 0.4) is 0 Å². The van der Waals surface area contributed by atoms with Crippen LogP contribution < -0.4 is 15.4 Å². The van der Waals surface area contributed by atoms with Gasteiger partial charge in [0.15, 0.2) is 0 Å². The van der Waals surface area contributed by atoms with Gasteiger partial charge in [-0.05, 0) is 50.8 Å². The van der Waals surface area contributed by atoms with Crippen molar-refractivity contribution in [3.05, 3.63) is 18.5 Å². The van der Waals surface area contributed by atoms with Crippen LogP contribution in [0, 0.1) is 5.92 Å². The molecule has 8 nitrogen and oxygen atoms in total. The average molecular weight is 406 g/mol. The van der Waals surface area contributed by atoms with Crippen LogP contribution in [0.2, 0.25) is 0 Å². The summed E-state index contributed by atoms with van der Waals surface area (Å²) in [6, 6.07) is 1.80. The Balaban J connectivity index is 0.00000243. The van der Waals surface area contributed by atoms with E-state index in [0.29, 0.717) is 25.3 Å². The zero-order valence-corrected chi connectivity index (χ0v) is 16.4. The number of sulfonamides is 1. The highest BCUT2D eigenvalue weighted by Gasteiger charge is 2.41. The molecule has 2 aliphatic rings. The van der Waals surface area contributed by atoms with Crippen molar-refractivity contribution in [1.82, 2.24) is 25.1 Å². The standard InChI is InChI=1S/C16H27N5O3S.ClH/c22-15(16(5-8-17-9-6-16)21-11-2-7-19-21)18-10-12-25(23,24)20-13-14-3-1-4-14;/h2,7,11,14,17,20H,1,3-6,8-10,12-13H2,(H,18,22);1H. The molecule has 1 aromatic heterocycles. The minimum atomic E-state index is -3.35. The molecule has 148 valence electrons. The van der Waals surface area contributed by atoms with E-state index in [-0.39, 0.29) is 30.6 Å². The van der Waals surface area contributed by atoms with Crippen molar-refractivity contribution in [2.45, 2.75) is 37.6 Å². The summed E-state index contributed by atoms with van der Waals surface area (Å²) in [5.74, 6) is 0.216. The van der Waals surface area contributed by atoms with Gasteiger partial charge in [-0.25, -0.2) is 13.1 Å². The molecule has 0 radical (unpaired) electrons. The maximum absolute atomic E-state index is 12.8. The monoisotopic (exact) mass is 405 g/mol. The molecule has 10 heteroatoms. The van der Waals surface area contributed by atoms with Crippen molar-refractivity contribution in [3.63, 3.8) is 0 Å². The lowest BCUT2D eigenvalue weighted by molar-refractivity contribution is -0.131. The van der Waals surface area contributed by atoms with Crippen molar-refractivity contribution < 1.29 is 13.2 Å². The van der Waals surface area contributed by atoms with Gasteiger partial charge in [-0.3, -0.25) is 9.48 Å². The predicted octanol–water partition coefficient (Wildman–Crippen LogP) is 0.219. The molecule has 1 saturated carbocycles. The summed E-state index contributed by atoms with van der Waals surface area (Å²) in [7, 11) is -3.35. The largest absolute Gasteiger partial charge is 0.353 e. The molecular formula is C16H28ClN5O3S. The van der Waals surface area contributed by atoms with Crippen LogP contribution in [0.5, 0.6) is 0 Å². The lowest BCUT2D eigenvalue weighted by Gasteiger charge is -2.36. The van der Waals surface area contributed by atoms with E-state index in [0.717, 1.165) is 25.9 Å². The first-order chi connectivity index (χ1) is 12.0. The van der Waals surface area contributed by atoms with E-state index < -0.39 is 15.6 Å². The van der Waals surface area contributed by atoms with Crippen molar-refractivity contribution in [2.75, 3.05) is 31.9 Å². The summed E-state index contributed by atoms with van der Waals surface area (Å²) in [5.41, 5.74) is -0.738. The summed E-state index contributed by atoms with van der Waals surface area (Å²) in [6.07, 6.45) is 8.10. The fourth-order valence-electron chi connectivity index (χ4n) is 3.40. The molecule has 2 fully saturated rings. The molecular weight excluding hydrogens is 378 g/mol. The van der Waals surface area contributed by atoms with E-state index in [1.807, 2.05) is 0 Å². The first-order valence-electron chi connectivity index (χ1n) is 8.98. The number of hydrogen-bond donors (Lipinski definition) is 3. The SMILES string of the molecule is Cl.O=C(NCCS(=O)(=O)NCC1CCC1)C1(n2cccn2)CCNCC1. The molecule has 3 rings (SSSR count). The quantitative estimate of drug-likeness (QED) is 0.573. The van der Waals surface area contributed by atoms with Crippen molar-refractivity contribution in [2.24, 2.45) is 5.92 Å². The second-order valence-corrected chi connectivity index (χ2v) is 8.88. The van der Waals surface area contributed by atoms with Crippen LogP contribution in [-0.4, -0.2) is 56.0 Å². The van der Waals surface area contributed by atoms with Gasteiger partial charge in [0.05, 0.1) is 5.75 Å². The Morgan fingerprint density at radius 3 is 2.62 bits per heavy atom. The second kappa shape index (κ2) is 9.16. The smallest absolute Gasteiger partial charge is 0.248 e. The predicted molar refractivity (Wildman–Crippen MR) is 102 cm³/mol. The molecule has 1 aromatic rings. The first kappa shape index (κ1) is 21.1. The molecule has 0 aromatic carbocycles. The molecule has 0 atom stereocenters. The Kier molecular flexibility index (Phi) is 7.45. The Hall–Kier alpha value is -1.16. The van der Waals surface area contributed by atoms with Crippen LogP contribution in [0.25, 0.3) is 0 Å². The Morgan fingerprint density at radius 2 is 2.04 bits per heavy atom. The Bertz CT molecular complexity index is 670. The van der Waals surface area contributed by atoms with Gasteiger partial charge in [-0.1, -0.05) is 6.42 Å². The fourth-order valence-corrected chi connectivity index (χ4v) is 4.40. The molecule has 0 unspecified atom stereocenters. The summed E-state index contributed by atoms with van der Waals surface area (Å²) in [5, 5.41) is 10.3. The normalized spacial score (nSPS) is 20.0. The van der Waals surface area contributed by atoms with Crippen LogP contribution in [0.1, 0.15) is 32.1 Å². The molecule has 0 bridgehead atoms. The zero-order valence-electron chi connectivity index (χ0n) is 14.8. The number of carbonyl (C=O) groups excluding carboxylic acids is 1. The topological polar surface area (TPSA) is 105 Å². The van der Waals surface area contributed by atoms with E-state index in [9.17, 15) is 13.2 Å². The van der Waals surface area contributed by atoms with Gasteiger partial charge in [0.2, 0.25) is 15.9 Å². The van der Waals surface area contributed by atoms with Crippen molar-refractivity contribution >= 4 is 28.3 Å². The number of carbonyl (C=O) groups is 1. The maximum atomic E-state index is 12.8. The third-order valence-electron chi connectivity index (χ3n) is 5.27. The number of amides is 1. The molecule has 1 aliphatic heterocycles. The van der Waals surface area contributed by atoms with E-state index in [2.05, 4.69) is 20.5 Å². The lowest BCUT2D eigenvalue weighted by Crippen LogP contribution is -2.55. The van der Waals surface area contributed by atoms with Crippen LogP contribution in [-0.2, 0) is 20.4 Å². The minimum Gasteiger partial charge on any atom is -0.353 e. The lowest BCUT2D eigenvalue weighted by atomic mass is 9.86. The number of aromatic nitrogens is 2. The number of rotatable bonds is 8. The van der Waals surface area contributed by atoms with Crippen LogP contribution in [0.4, 0.5) is 0 Å². The van der Waals surface area contributed by atoms with Crippen molar-refractivity contribution in [1.29, 1.82) is 0 Å². The number of nitrogens with zero attached hydrogens (tertiary/aromatic N) is 2. The highest BCUT2D eigenvalue weighted by atomic mass is 35.5. The van der Waals surface area contributed by atoms with Gasteiger partial charge < -0.3 is 10.6 Å². The molecule has 1 saturated heterocycles. The van der Waals surface area contributed by atoms with E-state index in [1.165, 1.54) is 6.42 Å². The number of hydrogen-bond acceptors (Lipinski definition) is 5. The molecule has 3 N–H and O–H groups in total. The number of halogens is 1. The van der Waals surface area contributed by atoms with E-state index in [1.54, 1.807) is 23.1 Å². The molecule has 2 heterocycles. The highest BCUT2D eigenvalue weighted by molar-refractivity contribution is 7.89. The third kappa shape index (κ3) is 4.97. The van der Waals surface area contributed by atoms with Gasteiger partial charge in [-0.2, -0.15) is 5.10 Å². The summed E-state index contributed by atoms with van der Waals surface area (Å²) in [6.45, 7) is 2.08. The maximum Gasteiger partial charge on any atom is 0.248 e. The van der Waals surface area contributed by atoms with Crippen molar-refractivity contribution in [3.8, 4) is 0 Å². The number of piperidine rings is 1. The zero-order chi connectivity index (χ0) is 17.8. The molecule has 0 spiro atoms. The van der Waals surface area contributed by atoms with Gasteiger partial charge in [0.25, 0.3) is 0 Å². The van der Waals surface area contributed by atoms with Gasteiger partial charge >= 0.3 is 0 Å². The fraction of sp³-hybridized carbons (Fsp3) is 0.750. The Labute approximate surface area is 160 Å². The van der Waals surface area contributed by atoms with Gasteiger partial charge in [0, 0.05) is 25.5 Å². The highest BCUT2D eigenvalue weighted by Crippen LogP contribution is 2.27. The van der Waals surface area contributed by atoms with Crippen LogP contribution >= 0.6 is 12.4 Å². The summed E-state index contributed by atoms with van der Waals surface area (Å²) >= 11 is 0. The molecule has 1 aliphatic carbocycles. The van der Waals surface area contributed by atoms with E-state index in [4.69, 9.17) is 0 Å². The first-order valence-corrected chi connectivity index (χ1v) is 10.6. The average Bonchev–Trinajstić information content (AvgIpc) is 3.08. The van der Waals surface area contributed by atoms with Gasteiger partial charge in [-0.15, -0.1) is 12.4 Å². The number of nitrogens with one attached hydrogen (secondary N) is 3. The minimum absolute atomic E-state index is 0.